The Balaban J connectivity index is 1.28. The summed E-state index contributed by atoms with van der Waals surface area (Å²) in [6.45, 7) is 7.99. The number of nitrogens with zero attached hydrogens (tertiary/aromatic N) is 2. The third kappa shape index (κ3) is 3.54. The van der Waals surface area contributed by atoms with E-state index in [9.17, 15) is 19.2 Å². The van der Waals surface area contributed by atoms with Crippen LogP contribution in [-0.2, 0) is 19.2 Å². The first-order valence-electron chi connectivity index (χ1n) is 15.5. The van der Waals surface area contributed by atoms with Crippen LogP contribution in [0.5, 0.6) is 0 Å². The van der Waals surface area contributed by atoms with Crippen LogP contribution in [0.3, 0.4) is 0 Å². The van der Waals surface area contributed by atoms with Gasteiger partial charge in [-0.2, -0.15) is 0 Å². The third-order valence-electron chi connectivity index (χ3n) is 11.1. The molecule has 0 N–H and O–H groups in total. The van der Waals surface area contributed by atoms with Gasteiger partial charge in [-0.05, 0) is 97.7 Å². The molecule has 220 valence electrons. The number of rotatable bonds is 3. The Morgan fingerprint density at radius 1 is 0.568 bits per heavy atom. The number of fused-ring (bicyclic) bond motifs is 1. The molecule has 6 aliphatic rings. The molecular formula is C38H34N2O4. The SMILES string of the molecule is Cc1ccc(N2C(=O)[C@H]3[C@@H]4C=C[C@H](C5=C(c6ccccc6)C[C@H]6C(=O)N(c7ccc(C)c(C)c7)C(=O)[C@H]6[C@@H]54)[C@H]3C2=O)cc1C. The predicted octanol–water partition coefficient (Wildman–Crippen LogP) is 6.12. The number of hydrogen-bond acceptors (Lipinski definition) is 4. The maximum Gasteiger partial charge on any atom is 0.238 e. The number of imide groups is 2. The Kier molecular flexibility index (Phi) is 5.80. The molecule has 0 radical (unpaired) electrons. The topological polar surface area (TPSA) is 74.8 Å². The quantitative estimate of drug-likeness (QED) is 0.276. The van der Waals surface area contributed by atoms with Crippen molar-refractivity contribution in [1.82, 2.24) is 0 Å². The maximum atomic E-state index is 14.4. The molecular weight excluding hydrogens is 548 g/mol. The normalized spacial score (nSPS) is 30.3. The number of carbonyl (C=O) groups excluding carboxylic acids is 4. The average Bonchev–Trinajstić information content (AvgIpc) is 3.45. The molecule has 2 saturated heterocycles. The molecule has 6 heteroatoms. The van der Waals surface area contributed by atoms with Crippen molar-refractivity contribution in [2.45, 2.75) is 34.1 Å². The van der Waals surface area contributed by atoms with Gasteiger partial charge < -0.3 is 0 Å². The lowest BCUT2D eigenvalue weighted by Gasteiger charge is -2.51. The molecule has 2 aliphatic heterocycles. The molecule has 4 aliphatic carbocycles. The summed E-state index contributed by atoms with van der Waals surface area (Å²) in [4.78, 5) is 59.8. The van der Waals surface area contributed by atoms with E-state index in [-0.39, 0.29) is 41.4 Å². The van der Waals surface area contributed by atoms with E-state index in [1.165, 1.54) is 9.80 Å². The van der Waals surface area contributed by atoms with Gasteiger partial charge >= 0.3 is 0 Å². The van der Waals surface area contributed by atoms with Gasteiger partial charge in [-0.3, -0.25) is 24.1 Å². The summed E-state index contributed by atoms with van der Waals surface area (Å²) in [6.07, 6.45) is 4.60. The van der Waals surface area contributed by atoms with Crippen LogP contribution in [0.2, 0.25) is 0 Å². The van der Waals surface area contributed by atoms with Crippen molar-refractivity contribution in [3.8, 4) is 0 Å². The highest BCUT2D eigenvalue weighted by atomic mass is 16.2. The predicted molar refractivity (Wildman–Crippen MR) is 168 cm³/mol. The van der Waals surface area contributed by atoms with Gasteiger partial charge in [-0.1, -0.05) is 60.2 Å². The van der Waals surface area contributed by atoms with Crippen LogP contribution in [0.4, 0.5) is 11.4 Å². The smallest absolute Gasteiger partial charge is 0.238 e. The third-order valence-corrected chi connectivity index (χ3v) is 11.1. The van der Waals surface area contributed by atoms with Crippen molar-refractivity contribution in [3.63, 3.8) is 0 Å². The number of hydrogen-bond donors (Lipinski definition) is 0. The zero-order valence-electron chi connectivity index (χ0n) is 25.3. The summed E-state index contributed by atoms with van der Waals surface area (Å²) in [5, 5.41) is 0. The number of anilines is 2. The van der Waals surface area contributed by atoms with Gasteiger partial charge in [0.1, 0.15) is 0 Å². The van der Waals surface area contributed by atoms with Gasteiger partial charge in [0, 0.05) is 11.8 Å². The highest BCUT2D eigenvalue weighted by Crippen LogP contribution is 2.63. The molecule has 3 fully saturated rings. The average molecular weight is 583 g/mol. The Labute approximate surface area is 257 Å². The highest BCUT2D eigenvalue weighted by Gasteiger charge is 2.67. The highest BCUT2D eigenvalue weighted by molar-refractivity contribution is 6.24. The number of carbonyl (C=O) groups is 4. The van der Waals surface area contributed by atoms with E-state index in [1.807, 2.05) is 82.3 Å². The zero-order chi connectivity index (χ0) is 30.6. The standard InChI is InChI=1S/C38H34N2O4/c1-19-10-12-24(16-21(19)3)39-35(41)29-18-28(23-8-6-5-7-9-23)30-26-14-15-27(31(30)34(29)38(39)44)33-32(26)36(42)40(37(33)43)25-13-11-20(2)22(4)17-25/h5-17,26-27,29,31-34H,18H2,1-4H3/t26-,27-,29-,31-,32-,33+,34-/m1/s1. The van der Waals surface area contributed by atoms with Crippen molar-refractivity contribution in [2.24, 2.45) is 41.4 Å². The fourth-order valence-corrected chi connectivity index (χ4v) is 8.75. The monoisotopic (exact) mass is 582 g/mol. The number of amides is 4. The molecule has 0 aromatic heterocycles. The second-order valence-electron chi connectivity index (χ2n) is 13.3. The first kappa shape index (κ1) is 27.0. The summed E-state index contributed by atoms with van der Waals surface area (Å²) < 4.78 is 0. The Morgan fingerprint density at radius 3 is 1.75 bits per heavy atom. The lowest BCUT2D eigenvalue weighted by atomic mass is 9.49. The molecule has 9 rings (SSSR count). The Morgan fingerprint density at radius 2 is 1.14 bits per heavy atom. The molecule has 0 unspecified atom stereocenters. The first-order valence-corrected chi connectivity index (χ1v) is 15.5. The van der Waals surface area contributed by atoms with Crippen molar-refractivity contribution in [2.75, 3.05) is 9.80 Å². The van der Waals surface area contributed by atoms with Crippen LogP contribution in [0.1, 0.15) is 34.2 Å². The minimum absolute atomic E-state index is 0.173. The van der Waals surface area contributed by atoms with Gasteiger partial charge in [0.2, 0.25) is 23.6 Å². The molecule has 2 bridgehead atoms. The molecule has 0 spiro atoms. The first-order chi connectivity index (χ1) is 21.2. The summed E-state index contributed by atoms with van der Waals surface area (Å²) >= 11 is 0. The summed E-state index contributed by atoms with van der Waals surface area (Å²) in [5.41, 5.74) is 8.55. The number of benzene rings is 3. The fourth-order valence-electron chi connectivity index (χ4n) is 8.75. The minimum atomic E-state index is -0.580. The molecule has 1 saturated carbocycles. The molecule has 3 aromatic rings. The maximum absolute atomic E-state index is 14.4. The number of allylic oxidation sites excluding steroid dienone is 4. The van der Waals surface area contributed by atoms with E-state index >= 15 is 0 Å². The van der Waals surface area contributed by atoms with Crippen LogP contribution in [-0.4, -0.2) is 23.6 Å². The molecule has 7 atom stereocenters. The van der Waals surface area contributed by atoms with E-state index in [2.05, 4.69) is 24.3 Å². The lowest BCUT2D eigenvalue weighted by molar-refractivity contribution is -0.129. The minimum Gasteiger partial charge on any atom is -0.274 e. The Hall–Kier alpha value is -4.58. The van der Waals surface area contributed by atoms with Crippen molar-refractivity contribution >= 4 is 40.6 Å². The van der Waals surface area contributed by atoms with Crippen LogP contribution in [0.15, 0.2) is 84.5 Å². The van der Waals surface area contributed by atoms with Crippen LogP contribution >= 0.6 is 0 Å². The second-order valence-corrected chi connectivity index (χ2v) is 13.3. The van der Waals surface area contributed by atoms with Crippen molar-refractivity contribution < 1.29 is 19.2 Å². The van der Waals surface area contributed by atoms with Crippen LogP contribution in [0, 0.1) is 69.1 Å². The van der Waals surface area contributed by atoms with Crippen molar-refractivity contribution in [3.05, 3.63) is 112 Å². The summed E-state index contributed by atoms with van der Waals surface area (Å²) in [6, 6.07) is 21.5. The molecule has 3 aromatic carbocycles. The van der Waals surface area contributed by atoms with E-state index in [0.29, 0.717) is 17.8 Å². The van der Waals surface area contributed by atoms with Crippen LogP contribution < -0.4 is 9.80 Å². The van der Waals surface area contributed by atoms with Gasteiger partial charge in [0.05, 0.1) is 35.0 Å². The molecule has 44 heavy (non-hydrogen) atoms. The van der Waals surface area contributed by atoms with E-state index in [4.69, 9.17) is 0 Å². The zero-order valence-corrected chi connectivity index (χ0v) is 25.3. The van der Waals surface area contributed by atoms with E-state index in [1.54, 1.807) is 0 Å². The second kappa shape index (κ2) is 9.46. The van der Waals surface area contributed by atoms with Gasteiger partial charge in [-0.15, -0.1) is 0 Å². The van der Waals surface area contributed by atoms with Gasteiger partial charge in [0.25, 0.3) is 0 Å². The summed E-state index contributed by atoms with van der Waals surface area (Å²) in [7, 11) is 0. The lowest BCUT2D eigenvalue weighted by Crippen LogP contribution is -2.51. The summed E-state index contributed by atoms with van der Waals surface area (Å²) in [5.74, 6) is -3.93. The van der Waals surface area contributed by atoms with E-state index < -0.39 is 23.7 Å². The van der Waals surface area contributed by atoms with Crippen LogP contribution in [0.25, 0.3) is 5.57 Å². The molecule has 2 heterocycles. The number of aryl methyl sites for hydroxylation is 4. The molecule has 6 nitrogen and oxygen atoms in total. The molecule has 4 amide bonds. The largest absolute Gasteiger partial charge is 0.274 e. The van der Waals surface area contributed by atoms with E-state index in [0.717, 1.165) is 39.0 Å². The fraction of sp³-hybridized carbons (Fsp3) is 0.316. The Bertz CT molecular complexity index is 1870. The van der Waals surface area contributed by atoms with Crippen molar-refractivity contribution in [1.29, 1.82) is 0 Å². The van der Waals surface area contributed by atoms with Gasteiger partial charge in [-0.25, -0.2) is 4.90 Å². The van der Waals surface area contributed by atoms with Gasteiger partial charge in [0.15, 0.2) is 0 Å².